The predicted octanol–water partition coefficient (Wildman–Crippen LogP) is 4.00. The molecule has 2 aliphatic rings. The molecule has 0 unspecified atom stereocenters. The quantitative estimate of drug-likeness (QED) is 0.762. The van der Waals surface area contributed by atoms with Crippen LogP contribution in [0.25, 0.3) is 0 Å². The van der Waals surface area contributed by atoms with E-state index in [1.807, 2.05) is 6.07 Å². The predicted molar refractivity (Wildman–Crippen MR) is 78.5 cm³/mol. The van der Waals surface area contributed by atoms with Gasteiger partial charge in [-0.1, -0.05) is 48.0 Å². The molecule has 0 fully saturated rings. The van der Waals surface area contributed by atoms with Crippen LogP contribution in [-0.2, 0) is 18.4 Å². The molecule has 0 radical (unpaired) electrons. The number of hydrogen-bond donors (Lipinski definition) is 1. The first-order chi connectivity index (χ1) is 9.17. The first-order valence-electron chi connectivity index (χ1n) is 6.81. The Morgan fingerprint density at radius 3 is 2.74 bits per heavy atom. The Balaban J connectivity index is 1.94. The van der Waals surface area contributed by atoms with Crippen LogP contribution in [-0.4, -0.2) is 0 Å². The minimum absolute atomic E-state index is 0.0114. The van der Waals surface area contributed by atoms with E-state index in [9.17, 15) is 0 Å². The Hall–Kier alpha value is -1.31. The van der Waals surface area contributed by atoms with E-state index in [0.29, 0.717) is 6.04 Å². The molecule has 2 heterocycles. The van der Waals surface area contributed by atoms with Crippen molar-refractivity contribution in [2.24, 2.45) is 0 Å². The largest absolute Gasteiger partial charge is 0.300 e. The lowest BCUT2D eigenvalue weighted by atomic mass is 9.82. The Morgan fingerprint density at radius 1 is 1.11 bits per heavy atom. The third kappa shape index (κ3) is 1.58. The lowest BCUT2D eigenvalue weighted by Gasteiger charge is -2.26. The summed E-state index contributed by atoms with van der Waals surface area (Å²) in [6.45, 7) is 2.30. The van der Waals surface area contributed by atoms with Crippen LogP contribution in [0.4, 0.5) is 0 Å². The highest BCUT2D eigenvalue weighted by Gasteiger charge is 2.43. The number of benzene rings is 2. The minimum atomic E-state index is 0.0114. The fraction of sp³-hybridized carbons (Fsp3) is 0.294. The molecule has 0 spiro atoms. The molecule has 2 atom stereocenters. The summed E-state index contributed by atoms with van der Waals surface area (Å²) in [6, 6.07) is 15.4. The van der Waals surface area contributed by atoms with E-state index in [-0.39, 0.29) is 5.54 Å². The summed E-state index contributed by atoms with van der Waals surface area (Å²) in [5, 5.41) is 4.70. The molecule has 0 saturated carbocycles. The van der Waals surface area contributed by atoms with Crippen LogP contribution in [0.2, 0.25) is 5.02 Å². The minimum Gasteiger partial charge on any atom is -0.300 e. The van der Waals surface area contributed by atoms with Crippen LogP contribution in [0.15, 0.2) is 42.5 Å². The van der Waals surface area contributed by atoms with E-state index in [2.05, 4.69) is 48.6 Å². The summed E-state index contributed by atoms with van der Waals surface area (Å²) in [5.41, 5.74) is 5.61. The fourth-order valence-electron chi connectivity index (χ4n) is 3.74. The maximum absolute atomic E-state index is 6.44. The second-order valence-electron chi connectivity index (χ2n) is 5.88. The van der Waals surface area contributed by atoms with Gasteiger partial charge in [-0.25, -0.2) is 0 Å². The lowest BCUT2D eigenvalue weighted by molar-refractivity contribution is 0.368. The van der Waals surface area contributed by atoms with E-state index in [1.165, 1.54) is 22.3 Å². The molecule has 2 aromatic rings. The van der Waals surface area contributed by atoms with Crippen molar-refractivity contribution < 1.29 is 0 Å². The molecule has 2 heteroatoms. The highest BCUT2D eigenvalue weighted by molar-refractivity contribution is 6.31. The number of fused-ring (bicyclic) bond motifs is 6. The molecule has 19 heavy (non-hydrogen) atoms. The summed E-state index contributed by atoms with van der Waals surface area (Å²) in [5.74, 6) is 0. The number of nitrogens with one attached hydrogen (secondary N) is 1. The zero-order chi connectivity index (χ0) is 13.0. The molecule has 0 aliphatic carbocycles. The fourth-order valence-corrected chi connectivity index (χ4v) is 4.04. The summed E-state index contributed by atoms with van der Waals surface area (Å²) < 4.78 is 0. The van der Waals surface area contributed by atoms with Crippen molar-refractivity contribution in [2.45, 2.75) is 31.3 Å². The van der Waals surface area contributed by atoms with Crippen molar-refractivity contribution in [1.29, 1.82) is 0 Å². The van der Waals surface area contributed by atoms with Gasteiger partial charge >= 0.3 is 0 Å². The molecule has 4 rings (SSSR count). The monoisotopic (exact) mass is 269 g/mol. The molecular weight excluding hydrogens is 254 g/mol. The SMILES string of the molecule is C[C@@]12Cc3ccccc3C[C@@H](N1)c1c(Cl)cccc12. The van der Waals surface area contributed by atoms with Gasteiger partial charge in [0.2, 0.25) is 0 Å². The summed E-state index contributed by atoms with van der Waals surface area (Å²) >= 11 is 6.44. The van der Waals surface area contributed by atoms with Crippen LogP contribution in [0.3, 0.4) is 0 Å². The van der Waals surface area contributed by atoms with Gasteiger partial charge in [-0.2, -0.15) is 0 Å². The molecule has 1 nitrogen and oxygen atoms in total. The van der Waals surface area contributed by atoms with Crippen LogP contribution in [0.5, 0.6) is 0 Å². The van der Waals surface area contributed by atoms with Crippen molar-refractivity contribution in [3.05, 3.63) is 69.7 Å². The van der Waals surface area contributed by atoms with Gasteiger partial charge in [0.15, 0.2) is 0 Å². The Kier molecular flexibility index (Phi) is 2.33. The molecule has 96 valence electrons. The van der Waals surface area contributed by atoms with Crippen LogP contribution in [0.1, 0.15) is 35.2 Å². The second kappa shape index (κ2) is 3.84. The zero-order valence-corrected chi connectivity index (χ0v) is 11.7. The molecule has 2 aromatic carbocycles. The number of halogens is 1. The van der Waals surface area contributed by atoms with E-state index in [4.69, 9.17) is 11.6 Å². The molecule has 0 aromatic heterocycles. The van der Waals surface area contributed by atoms with Gasteiger partial charge in [-0.15, -0.1) is 0 Å². The Labute approximate surface area is 118 Å². The van der Waals surface area contributed by atoms with Gasteiger partial charge in [-0.05, 0) is 48.1 Å². The lowest BCUT2D eigenvalue weighted by Crippen LogP contribution is -2.36. The second-order valence-corrected chi connectivity index (χ2v) is 6.29. The summed E-state index contributed by atoms with van der Waals surface area (Å²) in [6.07, 6.45) is 2.06. The first-order valence-corrected chi connectivity index (χ1v) is 7.18. The summed E-state index contributed by atoms with van der Waals surface area (Å²) in [4.78, 5) is 0. The maximum Gasteiger partial charge on any atom is 0.0457 e. The highest BCUT2D eigenvalue weighted by Crippen LogP contribution is 2.46. The molecular formula is C17H16ClN. The zero-order valence-electron chi connectivity index (χ0n) is 10.9. The van der Waals surface area contributed by atoms with Crippen molar-refractivity contribution in [3.8, 4) is 0 Å². The van der Waals surface area contributed by atoms with Gasteiger partial charge in [0.05, 0.1) is 0 Å². The van der Waals surface area contributed by atoms with Crippen molar-refractivity contribution in [1.82, 2.24) is 5.32 Å². The van der Waals surface area contributed by atoms with E-state index in [1.54, 1.807) is 0 Å². The van der Waals surface area contributed by atoms with Crippen molar-refractivity contribution in [2.75, 3.05) is 0 Å². The van der Waals surface area contributed by atoms with Crippen LogP contribution < -0.4 is 5.32 Å². The average molecular weight is 270 g/mol. The molecule has 0 saturated heterocycles. The van der Waals surface area contributed by atoms with Crippen LogP contribution >= 0.6 is 11.6 Å². The molecule has 2 bridgehead atoms. The standard InChI is InChI=1S/C17H16ClN/c1-17-10-12-6-3-2-5-11(12)9-15(19-17)16-13(17)7-4-8-14(16)18/h2-8,15,19H,9-10H2,1H3/t15-,17+/m1/s1. The third-order valence-electron chi connectivity index (χ3n) is 4.58. The van der Waals surface area contributed by atoms with E-state index < -0.39 is 0 Å². The highest BCUT2D eigenvalue weighted by atomic mass is 35.5. The van der Waals surface area contributed by atoms with E-state index in [0.717, 1.165) is 17.9 Å². The van der Waals surface area contributed by atoms with Crippen molar-refractivity contribution >= 4 is 11.6 Å². The Morgan fingerprint density at radius 2 is 1.89 bits per heavy atom. The normalized spacial score (nSPS) is 27.6. The van der Waals surface area contributed by atoms with Gasteiger partial charge in [-0.3, -0.25) is 5.32 Å². The molecule has 0 amide bonds. The van der Waals surface area contributed by atoms with Gasteiger partial charge < -0.3 is 0 Å². The van der Waals surface area contributed by atoms with Gasteiger partial charge in [0.25, 0.3) is 0 Å². The van der Waals surface area contributed by atoms with Gasteiger partial charge in [0, 0.05) is 16.6 Å². The van der Waals surface area contributed by atoms with Crippen molar-refractivity contribution in [3.63, 3.8) is 0 Å². The molecule has 2 aliphatic heterocycles. The first kappa shape index (κ1) is 11.5. The number of rotatable bonds is 0. The molecule has 1 N–H and O–H groups in total. The maximum atomic E-state index is 6.44. The topological polar surface area (TPSA) is 12.0 Å². The third-order valence-corrected chi connectivity index (χ3v) is 4.90. The van der Waals surface area contributed by atoms with E-state index >= 15 is 0 Å². The smallest absolute Gasteiger partial charge is 0.0457 e. The Bertz CT molecular complexity index is 664. The average Bonchev–Trinajstić information content (AvgIpc) is 2.57. The number of hydrogen-bond acceptors (Lipinski definition) is 1. The summed E-state index contributed by atoms with van der Waals surface area (Å²) in [7, 11) is 0. The van der Waals surface area contributed by atoms with Crippen LogP contribution in [0, 0.1) is 0 Å². The van der Waals surface area contributed by atoms with Gasteiger partial charge in [0.1, 0.15) is 0 Å².